The lowest BCUT2D eigenvalue weighted by Gasteiger charge is -2.33. The minimum Gasteiger partial charge on any atom is -0.300 e. The van der Waals surface area contributed by atoms with Gasteiger partial charge in [-0.05, 0) is 41.7 Å². The lowest BCUT2D eigenvalue weighted by molar-refractivity contribution is 0.190. The SMILES string of the molecule is O=S(=O)(c1ccns1)N1CCN(CCc2ccncc2)CC1. The maximum absolute atomic E-state index is 12.4. The van der Waals surface area contributed by atoms with Gasteiger partial charge in [-0.15, -0.1) is 0 Å². The monoisotopic (exact) mass is 338 g/mol. The van der Waals surface area contributed by atoms with E-state index in [1.54, 1.807) is 22.8 Å². The van der Waals surface area contributed by atoms with Gasteiger partial charge >= 0.3 is 0 Å². The summed E-state index contributed by atoms with van der Waals surface area (Å²) in [5, 5.41) is 0. The van der Waals surface area contributed by atoms with Gasteiger partial charge in [0.15, 0.2) is 4.21 Å². The van der Waals surface area contributed by atoms with E-state index in [1.807, 2.05) is 12.1 Å². The van der Waals surface area contributed by atoms with Crippen LogP contribution in [0.3, 0.4) is 0 Å². The number of rotatable bonds is 5. The Balaban J connectivity index is 1.52. The first-order chi connectivity index (χ1) is 10.7. The second kappa shape index (κ2) is 6.82. The molecule has 2 aromatic heterocycles. The Labute approximate surface area is 134 Å². The fraction of sp³-hybridized carbons (Fsp3) is 0.429. The van der Waals surface area contributed by atoms with E-state index >= 15 is 0 Å². The van der Waals surface area contributed by atoms with E-state index in [0.717, 1.165) is 37.6 Å². The van der Waals surface area contributed by atoms with Crippen LogP contribution in [0.15, 0.2) is 41.0 Å². The van der Waals surface area contributed by atoms with Crippen LogP contribution in [0.25, 0.3) is 0 Å². The normalized spacial score (nSPS) is 17.6. The van der Waals surface area contributed by atoms with Crippen molar-refractivity contribution in [1.29, 1.82) is 0 Å². The zero-order valence-corrected chi connectivity index (χ0v) is 13.8. The van der Waals surface area contributed by atoms with Crippen molar-refractivity contribution in [2.24, 2.45) is 0 Å². The van der Waals surface area contributed by atoms with Gasteiger partial charge in [-0.3, -0.25) is 4.98 Å². The molecular formula is C14H18N4O2S2. The summed E-state index contributed by atoms with van der Waals surface area (Å²) in [4.78, 5) is 6.32. The van der Waals surface area contributed by atoms with Gasteiger partial charge < -0.3 is 4.90 Å². The van der Waals surface area contributed by atoms with Gasteiger partial charge in [-0.2, -0.15) is 8.68 Å². The summed E-state index contributed by atoms with van der Waals surface area (Å²) < 4.78 is 30.6. The van der Waals surface area contributed by atoms with Gasteiger partial charge in [0.2, 0.25) is 0 Å². The topological polar surface area (TPSA) is 66.4 Å². The Kier molecular flexibility index (Phi) is 4.82. The van der Waals surface area contributed by atoms with Crippen LogP contribution >= 0.6 is 11.5 Å². The standard InChI is InChI=1S/C14H18N4O2S2/c19-22(20,14-3-7-16-21-14)18-11-9-17(10-12-18)8-4-13-1-5-15-6-2-13/h1-3,5-7H,4,8-12H2. The lowest BCUT2D eigenvalue weighted by Crippen LogP contribution is -2.48. The summed E-state index contributed by atoms with van der Waals surface area (Å²) in [7, 11) is -3.35. The van der Waals surface area contributed by atoms with Gasteiger partial charge in [0.1, 0.15) is 0 Å². The van der Waals surface area contributed by atoms with E-state index in [4.69, 9.17) is 0 Å². The molecule has 118 valence electrons. The zero-order chi connectivity index (χ0) is 15.4. The average molecular weight is 338 g/mol. The van der Waals surface area contributed by atoms with Crippen molar-refractivity contribution in [1.82, 2.24) is 18.6 Å². The number of sulfonamides is 1. The highest BCUT2D eigenvalue weighted by Gasteiger charge is 2.29. The highest BCUT2D eigenvalue weighted by molar-refractivity contribution is 7.91. The molecule has 0 spiro atoms. The summed E-state index contributed by atoms with van der Waals surface area (Å²) in [6.45, 7) is 3.55. The average Bonchev–Trinajstić information content (AvgIpc) is 3.10. The number of pyridine rings is 1. The van der Waals surface area contributed by atoms with E-state index in [2.05, 4.69) is 14.3 Å². The fourth-order valence-electron chi connectivity index (χ4n) is 2.49. The van der Waals surface area contributed by atoms with E-state index in [0.29, 0.717) is 17.3 Å². The fourth-order valence-corrected chi connectivity index (χ4v) is 4.80. The maximum Gasteiger partial charge on any atom is 0.254 e. The molecule has 0 bridgehead atoms. The van der Waals surface area contributed by atoms with Crippen molar-refractivity contribution in [3.05, 3.63) is 42.4 Å². The van der Waals surface area contributed by atoms with Gasteiger partial charge in [-0.25, -0.2) is 8.42 Å². The molecule has 1 saturated heterocycles. The van der Waals surface area contributed by atoms with Crippen LogP contribution in [0, 0.1) is 0 Å². The Hall–Kier alpha value is -1.35. The summed E-state index contributed by atoms with van der Waals surface area (Å²) >= 11 is 1.03. The first-order valence-corrected chi connectivity index (χ1v) is 9.40. The van der Waals surface area contributed by atoms with Crippen molar-refractivity contribution in [2.45, 2.75) is 10.6 Å². The van der Waals surface area contributed by atoms with Crippen LogP contribution in [0.5, 0.6) is 0 Å². The van der Waals surface area contributed by atoms with Crippen molar-refractivity contribution < 1.29 is 8.42 Å². The molecule has 0 aromatic carbocycles. The summed E-state index contributed by atoms with van der Waals surface area (Å²) in [6, 6.07) is 5.60. The molecule has 0 radical (unpaired) electrons. The molecule has 3 heterocycles. The number of hydrogen-bond acceptors (Lipinski definition) is 6. The van der Waals surface area contributed by atoms with E-state index in [9.17, 15) is 8.42 Å². The molecular weight excluding hydrogens is 320 g/mol. The highest BCUT2D eigenvalue weighted by Crippen LogP contribution is 2.20. The summed E-state index contributed by atoms with van der Waals surface area (Å²) in [5.74, 6) is 0. The van der Waals surface area contributed by atoms with Gasteiger partial charge in [-0.1, -0.05) is 0 Å². The summed E-state index contributed by atoms with van der Waals surface area (Å²) in [5.41, 5.74) is 1.26. The second-order valence-electron chi connectivity index (χ2n) is 5.18. The number of nitrogens with zero attached hydrogens (tertiary/aromatic N) is 4. The third kappa shape index (κ3) is 3.52. The predicted molar refractivity (Wildman–Crippen MR) is 85.3 cm³/mol. The maximum atomic E-state index is 12.4. The molecule has 1 aliphatic heterocycles. The summed E-state index contributed by atoms with van der Waals surface area (Å²) in [6.07, 6.45) is 6.09. The third-order valence-electron chi connectivity index (χ3n) is 3.81. The molecule has 1 aliphatic rings. The van der Waals surface area contributed by atoms with Crippen molar-refractivity contribution >= 4 is 21.6 Å². The Morgan fingerprint density at radius 1 is 1.05 bits per heavy atom. The first kappa shape index (κ1) is 15.5. The molecule has 0 amide bonds. The third-order valence-corrected chi connectivity index (χ3v) is 6.89. The van der Waals surface area contributed by atoms with Crippen LogP contribution < -0.4 is 0 Å². The number of aromatic nitrogens is 2. The van der Waals surface area contributed by atoms with Gasteiger partial charge in [0.05, 0.1) is 0 Å². The smallest absolute Gasteiger partial charge is 0.254 e. The molecule has 0 N–H and O–H groups in total. The first-order valence-electron chi connectivity index (χ1n) is 7.18. The molecule has 1 fully saturated rings. The van der Waals surface area contributed by atoms with Crippen LogP contribution in [-0.4, -0.2) is 59.7 Å². The Morgan fingerprint density at radius 3 is 2.41 bits per heavy atom. The Morgan fingerprint density at radius 2 is 1.77 bits per heavy atom. The van der Waals surface area contributed by atoms with Crippen LogP contribution in [0.2, 0.25) is 0 Å². The van der Waals surface area contributed by atoms with E-state index in [-0.39, 0.29) is 0 Å². The zero-order valence-electron chi connectivity index (χ0n) is 12.1. The van der Waals surface area contributed by atoms with Crippen molar-refractivity contribution in [3.8, 4) is 0 Å². The molecule has 0 saturated carbocycles. The minimum atomic E-state index is -3.35. The number of piperazine rings is 1. The number of hydrogen-bond donors (Lipinski definition) is 0. The quantitative estimate of drug-likeness (QED) is 0.816. The van der Waals surface area contributed by atoms with E-state index in [1.165, 1.54) is 11.8 Å². The largest absolute Gasteiger partial charge is 0.300 e. The molecule has 0 aliphatic carbocycles. The highest BCUT2D eigenvalue weighted by atomic mass is 32.2. The van der Waals surface area contributed by atoms with E-state index < -0.39 is 10.0 Å². The molecule has 0 atom stereocenters. The lowest BCUT2D eigenvalue weighted by atomic mass is 10.2. The van der Waals surface area contributed by atoms with Crippen molar-refractivity contribution in [2.75, 3.05) is 32.7 Å². The van der Waals surface area contributed by atoms with Gasteiger partial charge in [0, 0.05) is 51.3 Å². The van der Waals surface area contributed by atoms with Crippen LogP contribution in [-0.2, 0) is 16.4 Å². The second-order valence-corrected chi connectivity index (χ2v) is 8.18. The van der Waals surface area contributed by atoms with Crippen LogP contribution in [0.4, 0.5) is 0 Å². The molecule has 2 aromatic rings. The molecule has 6 nitrogen and oxygen atoms in total. The van der Waals surface area contributed by atoms with Crippen molar-refractivity contribution in [3.63, 3.8) is 0 Å². The Bertz CT molecular complexity index is 681. The molecule has 0 unspecified atom stereocenters. The van der Waals surface area contributed by atoms with Crippen LogP contribution in [0.1, 0.15) is 5.56 Å². The molecule has 3 rings (SSSR count). The minimum absolute atomic E-state index is 0.331. The molecule has 22 heavy (non-hydrogen) atoms. The predicted octanol–water partition coefficient (Wildman–Crippen LogP) is 1.09. The van der Waals surface area contributed by atoms with Gasteiger partial charge in [0.25, 0.3) is 10.0 Å². The molecule has 8 heteroatoms.